The van der Waals surface area contributed by atoms with Crippen molar-refractivity contribution >= 4 is 5.97 Å². The number of hydrogen-bond donors (Lipinski definition) is 2. The standard InChI is InChI=1S/C6H12NO2.C2H6.CN.Fm/c7-5-3-1-2-4-6(8)9;2*1-2;/h4H,1-3,5,7H2,(H,8,9);1-2H3;;/q-1;;-1;. The van der Waals surface area contributed by atoms with Gasteiger partial charge in [-0.1, -0.05) is 20.3 Å². The van der Waals surface area contributed by atoms with Gasteiger partial charge in [-0.15, -0.1) is 0 Å². The summed E-state index contributed by atoms with van der Waals surface area (Å²) in [6.07, 6.45) is 3.68. The van der Waals surface area contributed by atoms with Gasteiger partial charge >= 0.3 is 0 Å². The van der Waals surface area contributed by atoms with Gasteiger partial charge in [0.05, 0.1) is 0 Å². The Morgan fingerprint density at radius 1 is 1.43 bits per heavy atom. The second kappa shape index (κ2) is 30.8. The van der Waals surface area contributed by atoms with E-state index < -0.39 is 5.97 Å². The molecule has 0 aromatic carbocycles. The van der Waals surface area contributed by atoms with Crippen molar-refractivity contribution in [2.75, 3.05) is 6.54 Å². The smallest absolute Gasteiger partial charge is 0.163 e. The maximum atomic E-state index is 9.88. The molecule has 0 atom stereocenters. The monoisotopic (exact) mass is 443 g/mol. The van der Waals surface area contributed by atoms with Crippen LogP contribution in [-0.4, -0.2) is 17.6 Å². The van der Waals surface area contributed by atoms with E-state index in [1.165, 1.54) is 6.42 Å². The predicted molar refractivity (Wildman–Crippen MR) is 51.2 cm³/mol. The third-order valence-electron chi connectivity index (χ3n) is 0.977. The predicted octanol–water partition coefficient (Wildman–Crippen LogP) is 1.53. The fourth-order valence-electron chi connectivity index (χ4n) is 0.514. The van der Waals surface area contributed by atoms with E-state index in [0.717, 1.165) is 12.8 Å². The minimum Gasteiger partial charge on any atom is -0.512 e. The van der Waals surface area contributed by atoms with Crippen LogP contribution in [0.4, 0.5) is 0 Å². The Morgan fingerprint density at radius 3 is 2.14 bits per heavy atom. The Hall–Kier alpha value is -2.21. The number of aliphatic carboxylic acids is 1. The molecule has 0 spiro atoms. The van der Waals surface area contributed by atoms with Crippen molar-refractivity contribution in [3.05, 3.63) is 13.0 Å². The molecule has 0 unspecified atom stereocenters. The average molecular weight is 443 g/mol. The van der Waals surface area contributed by atoms with E-state index in [-0.39, 0.29) is 0 Å². The molecule has 0 heterocycles. The molecule has 5 heteroatoms. The van der Waals surface area contributed by atoms with Gasteiger partial charge in [0.25, 0.3) is 0 Å². The Labute approximate surface area is 80.4 Å². The van der Waals surface area contributed by atoms with Gasteiger partial charge < -0.3 is 22.7 Å². The van der Waals surface area contributed by atoms with Crippen LogP contribution >= 0.6 is 0 Å². The summed E-state index contributed by atoms with van der Waals surface area (Å²) < 4.78 is 0. The number of rotatable bonds is 5. The Balaban J connectivity index is -0.0000000883. The Bertz CT molecular complexity index is 119. The zero-order chi connectivity index (χ0) is 11.1. The molecule has 90 valence electrons. The molecule has 0 aromatic rings. The molecule has 0 radical (unpaired) electrons. The second-order valence-corrected chi connectivity index (χ2v) is 1.83. The third kappa shape index (κ3) is 52.7. The van der Waals surface area contributed by atoms with E-state index in [9.17, 15) is 4.79 Å². The van der Waals surface area contributed by atoms with Gasteiger partial charge in [-0.3, -0.25) is 11.2 Å². The van der Waals surface area contributed by atoms with Crippen LogP contribution in [-0.2, 0) is 4.79 Å². The zero-order valence-corrected chi connectivity index (χ0v) is 11.0. The maximum Gasteiger partial charge on any atom is 0.163 e. The fraction of sp³-hybridized carbons (Fsp3) is 0.667. The molecule has 0 fully saturated rings. The third-order valence-corrected chi connectivity index (χ3v) is 0.977. The van der Waals surface area contributed by atoms with E-state index >= 15 is 0 Å². The van der Waals surface area contributed by atoms with Gasteiger partial charge in [0.1, 0.15) is 0 Å². The molecule has 0 aliphatic carbocycles. The van der Waals surface area contributed by atoms with E-state index in [1.807, 2.05) is 13.8 Å². The molecule has 0 aromatic heterocycles. The van der Waals surface area contributed by atoms with E-state index in [0.29, 0.717) is 13.0 Å². The second-order valence-electron chi connectivity index (χ2n) is 1.83. The van der Waals surface area contributed by atoms with Crippen LogP contribution in [0.15, 0.2) is 0 Å². The van der Waals surface area contributed by atoms with Crippen molar-refractivity contribution in [1.29, 1.82) is 5.26 Å². The van der Waals surface area contributed by atoms with Crippen molar-refractivity contribution in [2.45, 2.75) is 33.1 Å². The van der Waals surface area contributed by atoms with E-state index in [2.05, 4.69) is 0 Å². The normalized spacial score (nSPS) is 6.36. The van der Waals surface area contributed by atoms with Crippen molar-refractivity contribution < 1.29 is 9.90 Å². The van der Waals surface area contributed by atoms with Crippen molar-refractivity contribution in [1.82, 2.24) is 0 Å². The summed E-state index contributed by atoms with van der Waals surface area (Å²) in [7, 11) is 0. The number of hydrogen-bond acceptors (Lipinski definition) is 3. The molecule has 0 saturated carbocycles. The van der Waals surface area contributed by atoms with Gasteiger partial charge in [-0.05, 0) is 13.0 Å². The fourth-order valence-corrected chi connectivity index (χ4v) is 0.514. The summed E-state index contributed by atoms with van der Waals surface area (Å²) in [5, 5.41) is 14.4. The zero-order valence-electron chi connectivity index (χ0n) is 8.57. The number of carboxylic acid groups (broad SMARTS) is 1. The van der Waals surface area contributed by atoms with Crippen molar-refractivity contribution in [2.24, 2.45) is 5.73 Å². The van der Waals surface area contributed by atoms with Crippen molar-refractivity contribution in [3.63, 3.8) is 0 Å². The summed E-state index contributed by atoms with van der Waals surface area (Å²) in [5.41, 5.74) is 5.18. The molecule has 0 rings (SSSR count). The number of carbonyl (C=O) groups is 1. The molecule has 0 amide bonds. The summed E-state index contributed by atoms with van der Waals surface area (Å²) in [6.45, 7) is 9.40. The maximum absolute atomic E-state index is 9.88. The number of nitrogens with two attached hydrogens (primary N) is 1. The van der Waals surface area contributed by atoms with Crippen LogP contribution in [0.25, 0.3) is 0 Å². The van der Waals surface area contributed by atoms with Gasteiger partial charge in [0, 0.05) is 0 Å². The molecule has 14 heavy (non-hydrogen) atoms. The Kier molecular flexibility index (Phi) is 49.8. The molecule has 0 aliphatic heterocycles. The molecule has 4 nitrogen and oxygen atoms in total. The van der Waals surface area contributed by atoms with Crippen LogP contribution in [0.2, 0.25) is 0 Å². The number of nitrogens with zero attached hydrogens (tertiary/aromatic N) is 1. The number of unbranched alkanes of at least 4 members (excludes halogenated alkanes) is 2. The molecular weight excluding hydrogens is 425 g/mol. The van der Waals surface area contributed by atoms with Crippen LogP contribution in [0.1, 0.15) is 33.1 Å². The first kappa shape index (κ1) is 22.6. The quantitative estimate of drug-likeness (QED) is 0.499. The SMILES string of the molecule is CC.NCCCC[CH-]C(=O)O.[C-]#N.[Fm]. The van der Waals surface area contributed by atoms with Crippen molar-refractivity contribution in [3.8, 4) is 0 Å². The Morgan fingerprint density at radius 2 is 1.86 bits per heavy atom. The van der Waals surface area contributed by atoms with Crippen LogP contribution < -0.4 is 5.73 Å². The minimum atomic E-state index is -0.841. The minimum absolute atomic E-state index is 0. The van der Waals surface area contributed by atoms with Crippen LogP contribution in [0.3, 0.4) is 0 Å². The van der Waals surface area contributed by atoms with E-state index in [4.69, 9.17) is 22.7 Å². The van der Waals surface area contributed by atoms with Gasteiger partial charge in [0.2, 0.25) is 0 Å². The molecule has 0 aliphatic rings. The van der Waals surface area contributed by atoms with Gasteiger partial charge in [0.15, 0.2) is 5.97 Å². The summed E-state index contributed by atoms with van der Waals surface area (Å²) >= 11 is 0. The van der Waals surface area contributed by atoms with Crippen LogP contribution in [0, 0.1) is 18.3 Å². The first-order chi connectivity index (χ1) is 6.27. The van der Waals surface area contributed by atoms with E-state index in [1.54, 1.807) is 0 Å². The van der Waals surface area contributed by atoms with Gasteiger partial charge in [-0.25, -0.2) is 0 Å². The first-order valence-corrected chi connectivity index (χ1v) is 4.26. The summed E-state index contributed by atoms with van der Waals surface area (Å²) in [5.74, 6) is -0.841. The molecular formula is C9H18FmN2O2-2. The van der Waals surface area contributed by atoms with Crippen LogP contribution in [0.5, 0.6) is 0 Å². The van der Waals surface area contributed by atoms with Gasteiger partial charge in [-0.2, -0.15) is 6.42 Å². The molecule has 0 saturated heterocycles. The first-order valence-electron chi connectivity index (χ1n) is 4.26. The topological polar surface area (TPSA) is 87.1 Å². The molecule has 3 N–H and O–H groups in total. The summed E-state index contributed by atoms with van der Waals surface area (Å²) in [4.78, 5) is 9.88. The largest absolute Gasteiger partial charge is 0.512 e. The molecule has 0 bridgehead atoms. The average Bonchev–Trinajstić information content (AvgIpc) is 2.19. The number of carboxylic acids is 1. The summed E-state index contributed by atoms with van der Waals surface area (Å²) in [6, 6.07) is 0.